The molecule has 5 rings (SSSR count). The number of benzene rings is 3. The Morgan fingerprint density at radius 1 is 0.769 bits per heavy atom. The Morgan fingerprint density at radius 2 is 1.50 bits per heavy atom. The highest BCUT2D eigenvalue weighted by atomic mass is 14.7. The Bertz CT molecular complexity index is 1160. The van der Waals surface area contributed by atoms with Crippen LogP contribution < -0.4 is 5.73 Å². The second-order valence-corrected chi connectivity index (χ2v) is 6.93. The number of rotatable bonds is 2. The number of H-pyrrole nitrogens is 1. The van der Waals surface area contributed by atoms with Crippen molar-refractivity contribution in [3.05, 3.63) is 90.5 Å². The smallest absolute Gasteiger partial charge is 0.0465 e. The lowest BCUT2D eigenvalue weighted by atomic mass is 9.95. The summed E-state index contributed by atoms with van der Waals surface area (Å²) in [6, 6.07) is 24.1. The van der Waals surface area contributed by atoms with E-state index in [0.717, 1.165) is 6.42 Å². The maximum Gasteiger partial charge on any atom is 0.0465 e. The van der Waals surface area contributed by atoms with Gasteiger partial charge in [-0.15, -0.1) is 0 Å². The van der Waals surface area contributed by atoms with Crippen molar-refractivity contribution >= 4 is 27.4 Å². The van der Waals surface area contributed by atoms with Gasteiger partial charge in [0.25, 0.3) is 0 Å². The molecule has 3 N–H and O–H groups in total. The molecule has 0 radical (unpaired) electrons. The van der Waals surface area contributed by atoms with E-state index in [1.807, 2.05) is 0 Å². The van der Waals surface area contributed by atoms with E-state index in [4.69, 9.17) is 5.73 Å². The summed E-state index contributed by atoms with van der Waals surface area (Å²) in [7, 11) is 0. The Balaban J connectivity index is 1.53. The number of hydrogen-bond acceptors (Lipinski definition) is 1. The molecule has 1 aliphatic carbocycles. The van der Waals surface area contributed by atoms with Gasteiger partial charge in [0.2, 0.25) is 0 Å². The predicted molar refractivity (Wildman–Crippen MR) is 111 cm³/mol. The third-order valence-electron chi connectivity index (χ3n) is 5.19. The molecule has 2 heteroatoms. The lowest BCUT2D eigenvalue weighted by Gasteiger charge is -2.12. The summed E-state index contributed by atoms with van der Waals surface area (Å²) in [6.07, 6.45) is 7.33. The molecular formula is C24H20N2. The molecule has 26 heavy (non-hydrogen) atoms. The molecule has 1 unspecified atom stereocenters. The van der Waals surface area contributed by atoms with E-state index in [1.54, 1.807) is 0 Å². The lowest BCUT2D eigenvalue weighted by molar-refractivity contribution is 0.828. The molecule has 1 heterocycles. The maximum atomic E-state index is 5.92. The minimum absolute atomic E-state index is 0.154. The monoisotopic (exact) mass is 336 g/mol. The highest BCUT2D eigenvalue weighted by Crippen LogP contribution is 2.31. The lowest BCUT2D eigenvalue weighted by Crippen LogP contribution is -2.17. The number of para-hydroxylation sites is 1. The van der Waals surface area contributed by atoms with Crippen molar-refractivity contribution in [2.45, 2.75) is 12.5 Å². The van der Waals surface area contributed by atoms with Crippen molar-refractivity contribution in [1.29, 1.82) is 0 Å². The molecule has 1 atom stereocenters. The van der Waals surface area contributed by atoms with Gasteiger partial charge in [0.1, 0.15) is 0 Å². The second-order valence-electron chi connectivity index (χ2n) is 6.93. The molecule has 0 amide bonds. The average Bonchev–Trinajstić information content (AvgIpc) is 3.07. The SMILES string of the molecule is NC1C=CC(c2ccc(-c3ccc4[nH]c5ccccc5c4c3)cc2)=CC1. The van der Waals surface area contributed by atoms with Gasteiger partial charge < -0.3 is 10.7 Å². The van der Waals surface area contributed by atoms with E-state index in [0.29, 0.717) is 0 Å². The van der Waals surface area contributed by atoms with Crippen LogP contribution in [0.5, 0.6) is 0 Å². The normalized spacial score (nSPS) is 17.0. The van der Waals surface area contributed by atoms with Gasteiger partial charge in [0.15, 0.2) is 0 Å². The zero-order valence-electron chi connectivity index (χ0n) is 14.4. The van der Waals surface area contributed by atoms with Gasteiger partial charge in [-0.1, -0.05) is 66.8 Å². The van der Waals surface area contributed by atoms with Crippen LogP contribution in [0, 0.1) is 0 Å². The fourth-order valence-corrected chi connectivity index (χ4v) is 3.73. The fraction of sp³-hybridized carbons (Fsp3) is 0.0833. The van der Waals surface area contributed by atoms with Crippen LogP contribution in [0.1, 0.15) is 12.0 Å². The molecule has 0 bridgehead atoms. The zero-order valence-corrected chi connectivity index (χ0v) is 14.4. The number of aromatic nitrogens is 1. The van der Waals surface area contributed by atoms with Crippen LogP contribution in [0.2, 0.25) is 0 Å². The molecule has 1 aliphatic rings. The Kier molecular flexibility index (Phi) is 3.51. The molecular weight excluding hydrogens is 316 g/mol. The van der Waals surface area contributed by atoms with Gasteiger partial charge in [-0.25, -0.2) is 0 Å². The van der Waals surface area contributed by atoms with Crippen molar-refractivity contribution in [1.82, 2.24) is 4.98 Å². The van der Waals surface area contributed by atoms with E-state index < -0.39 is 0 Å². The molecule has 1 aromatic heterocycles. The van der Waals surface area contributed by atoms with Crippen LogP contribution in [-0.4, -0.2) is 11.0 Å². The number of nitrogens with two attached hydrogens (primary N) is 1. The number of aromatic amines is 1. The van der Waals surface area contributed by atoms with Crippen LogP contribution in [0.15, 0.2) is 85.0 Å². The van der Waals surface area contributed by atoms with Gasteiger partial charge in [-0.2, -0.15) is 0 Å². The van der Waals surface area contributed by atoms with Crippen molar-refractivity contribution < 1.29 is 0 Å². The van der Waals surface area contributed by atoms with E-state index in [-0.39, 0.29) is 6.04 Å². The average molecular weight is 336 g/mol. The second kappa shape index (κ2) is 6.01. The molecule has 4 aromatic rings. The van der Waals surface area contributed by atoms with Crippen LogP contribution in [0.3, 0.4) is 0 Å². The van der Waals surface area contributed by atoms with Crippen LogP contribution >= 0.6 is 0 Å². The molecule has 126 valence electrons. The largest absolute Gasteiger partial charge is 0.355 e. The first-order valence-electron chi connectivity index (χ1n) is 9.03. The third kappa shape index (κ3) is 2.56. The zero-order chi connectivity index (χ0) is 17.5. The Morgan fingerprint density at radius 3 is 2.31 bits per heavy atom. The number of fused-ring (bicyclic) bond motifs is 3. The summed E-state index contributed by atoms with van der Waals surface area (Å²) in [5.74, 6) is 0. The third-order valence-corrected chi connectivity index (χ3v) is 5.19. The van der Waals surface area contributed by atoms with Crippen molar-refractivity contribution in [3.63, 3.8) is 0 Å². The van der Waals surface area contributed by atoms with E-state index in [9.17, 15) is 0 Å². The van der Waals surface area contributed by atoms with E-state index in [1.165, 1.54) is 44.1 Å². The van der Waals surface area contributed by atoms with Gasteiger partial charge >= 0.3 is 0 Å². The molecule has 0 aliphatic heterocycles. The van der Waals surface area contributed by atoms with Crippen LogP contribution in [0.25, 0.3) is 38.5 Å². The predicted octanol–water partition coefficient (Wildman–Crippen LogP) is 5.66. The van der Waals surface area contributed by atoms with Crippen molar-refractivity contribution in [3.8, 4) is 11.1 Å². The summed E-state index contributed by atoms with van der Waals surface area (Å²) in [4.78, 5) is 3.49. The molecule has 3 aromatic carbocycles. The first-order chi connectivity index (χ1) is 12.8. The van der Waals surface area contributed by atoms with Gasteiger partial charge in [-0.05, 0) is 46.9 Å². The first kappa shape index (κ1) is 15.2. The van der Waals surface area contributed by atoms with Crippen molar-refractivity contribution in [2.75, 3.05) is 0 Å². The van der Waals surface area contributed by atoms with E-state index in [2.05, 4.69) is 89.9 Å². The van der Waals surface area contributed by atoms with Crippen LogP contribution in [0.4, 0.5) is 0 Å². The van der Waals surface area contributed by atoms with Crippen molar-refractivity contribution in [2.24, 2.45) is 5.73 Å². The molecule has 0 fully saturated rings. The summed E-state index contributed by atoms with van der Waals surface area (Å²) < 4.78 is 0. The minimum atomic E-state index is 0.154. The van der Waals surface area contributed by atoms with Crippen LogP contribution in [-0.2, 0) is 0 Å². The summed E-state index contributed by atoms with van der Waals surface area (Å²) in [6.45, 7) is 0. The number of hydrogen-bond donors (Lipinski definition) is 2. The topological polar surface area (TPSA) is 41.8 Å². The number of nitrogens with one attached hydrogen (secondary N) is 1. The molecule has 0 saturated carbocycles. The maximum absolute atomic E-state index is 5.92. The van der Waals surface area contributed by atoms with Gasteiger partial charge in [-0.3, -0.25) is 0 Å². The summed E-state index contributed by atoms with van der Waals surface area (Å²) in [5.41, 5.74) is 13.3. The number of allylic oxidation sites excluding steroid dienone is 2. The Hall–Kier alpha value is -3.10. The molecule has 0 spiro atoms. The Labute approximate surface area is 152 Å². The quantitative estimate of drug-likeness (QED) is 0.487. The summed E-state index contributed by atoms with van der Waals surface area (Å²) >= 11 is 0. The highest BCUT2D eigenvalue weighted by molar-refractivity contribution is 6.08. The fourth-order valence-electron chi connectivity index (χ4n) is 3.73. The molecule has 2 nitrogen and oxygen atoms in total. The van der Waals surface area contributed by atoms with Gasteiger partial charge in [0, 0.05) is 27.8 Å². The minimum Gasteiger partial charge on any atom is -0.355 e. The standard InChI is InChI=1S/C24H20N2/c25-20-12-9-17(10-13-20)16-5-7-18(8-6-16)19-11-14-24-22(15-19)21-3-1-2-4-23(21)26-24/h1-12,14-15,20,26H,13,25H2. The van der Waals surface area contributed by atoms with Gasteiger partial charge in [0.05, 0.1) is 0 Å². The first-order valence-corrected chi connectivity index (χ1v) is 9.03. The molecule has 0 saturated heterocycles. The highest BCUT2D eigenvalue weighted by Gasteiger charge is 2.08. The van der Waals surface area contributed by atoms with E-state index >= 15 is 0 Å². The summed E-state index contributed by atoms with van der Waals surface area (Å²) in [5, 5.41) is 2.55.